The molecule has 0 aliphatic carbocycles. The number of amides is 1. The number of aromatic nitrogens is 2. The van der Waals surface area contributed by atoms with Crippen LogP contribution in [0.3, 0.4) is 0 Å². The van der Waals surface area contributed by atoms with Gasteiger partial charge in [-0.1, -0.05) is 12.1 Å². The van der Waals surface area contributed by atoms with Crippen molar-refractivity contribution in [3.63, 3.8) is 0 Å². The fourth-order valence-electron chi connectivity index (χ4n) is 2.83. The lowest BCUT2D eigenvalue weighted by Crippen LogP contribution is -2.21. The van der Waals surface area contributed by atoms with E-state index in [1.165, 1.54) is 25.1 Å². The Balaban J connectivity index is 1.93. The molecule has 0 unspecified atom stereocenters. The molecule has 11 heteroatoms. The lowest BCUT2D eigenvalue weighted by molar-refractivity contribution is -0.274. The largest absolute Gasteiger partial charge is 0.573 e. The maximum Gasteiger partial charge on any atom is 0.573 e. The average molecular weight is 461 g/mol. The minimum absolute atomic E-state index is 0.171. The Labute approximate surface area is 187 Å². The zero-order chi connectivity index (χ0) is 24.0. The van der Waals surface area contributed by atoms with E-state index in [4.69, 9.17) is 0 Å². The third-order valence-electron chi connectivity index (χ3n) is 4.22. The zero-order valence-corrected chi connectivity index (χ0v) is 17.8. The van der Waals surface area contributed by atoms with Gasteiger partial charge in [0.25, 0.3) is 0 Å². The van der Waals surface area contributed by atoms with Crippen molar-refractivity contribution >= 4 is 29.0 Å². The van der Waals surface area contributed by atoms with Gasteiger partial charge in [0.1, 0.15) is 11.6 Å². The standard InChI is InChI=1S/C22H22F3N5O3/c1-13(12-31)26-21-29-19(15-4-3-5-18(10-15)33-22(23,24)25)11-20(30-21)28-17-8-6-16(7-9-17)27-14(2)32/h3-11,13,31H,12H2,1-2H3,(H,27,32)(H2,26,28,29,30)/t13-/m0/s1. The van der Waals surface area contributed by atoms with Gasteiger partial charge in [0, 0.05) is 36.0 Å². The van der Waals surface area contributed by atoms with E-state index in [9.17, 15) is 23.1 Å². The molecule has 4 N–H and O–H groups in total. The van der Waals surface area contributed by atoms with Crippen molar-refractivity contribution in [1.82, 2.24) is 9.97 Å². The normalized spacial score (nSPS) is 12.1. The van der Waals surface area contributed by atoms with Crippen LogP contribution < -0.4 is 20.7 Å². The molecule has 1 amide bonds. The second-order valence-electron chi connectivity index (χ2n) is 7.15. The van der Waals surface area contributed by atoms with Crippen LogP contribution in [0.2, 0.25) is 0 Å². The molecule has 0 radical (unpaired) electrons. The molecule has 0 saturated heterocycles. The Bertz CT molecular complexity index is 1110. The average Bonchev–Trinajstić information content (AvgIpc) is 2.73. The van der Waals surface area contributed by atoms with Gasteiger partial charge in [0.2, 0.25) is 11.9 Å². The maximum absolute atomic E-state index is 12.6. The second-order valence-corrected chi connectivity index (χ2v) is 7.15. The van der Waals surface area contributed by atoms with E-state index >= 15 is 0 Å². The summed E-state index contributed by atoms with van der Waals surface area (Å²) in [6.07, 6.45) is -4.82. The molecule has 0 saturated carbocycles. The summed E-state index contributed by atoms with van der Waals surface area (Å²) < 4.78 is 41.8. The molecule has 33 heavy (non-hydrogen) atoms. The van der Waals surface area contributed by atoms with Gasteiger partial charge in [-0.3, -0.25) is 4.79 Å². The minimum Gasteiger partial charge on any atom is -0.406 e. The summed E-state index contributed by atoms with van der Waals surface area (Å²) in [6, 6.07) is 13.5. The van der Waals surface area contributed by atoms with E-state index in [2.05, 4.69) is 30.7 Å². The quantitative estimate of drug-likeness (QED) is 0.390. The van der Waals surface area contributed by atoms with Crippen LogP contribution in [0.25, 0.3) is 11.3 Å². The van der Waals surface area contributed by atoms with Crippen LogP contribution in [-0.2, 0) is 4.79 Å². The highest BCUT2D eigenvalue weighted by atomic mass is 19.4. The summed E-state index contributed by atoms with van der Waals surface area (Å²) in [6.45, 7) is 2.96. The molecule has 1 heterocycles. The third kappa shape index (κ3) is 7.35. The molecule has 0 bridgehead atoms. The van der Waals surface area contributed by atoms with Gasteiger partial charge in [-0.25, -0.2) is 4.98 Å². The van der Waals surface area contributed by atoms with Crippen LogP contribution in [0.4, 0.5) is 36.3 Å². The first-order valence-electron chi connectivity index (χ1n) is 9.88. The highest BCUT2D eigenvalue weighted by Crippen LogP contribution is 2.29. The van der Waals surface area contributed by atoms with E-state index < -0.39 is 6.36 Å². The molecular weight excluding hydrogens is 439 g/mol. The number of ether oxygens (including phenoxy) is 1. The number of anilines is 4. The highest BCUT2D eigenvalue weighted by molar-refractivity contribution is 5.88. The monoisotopic (exact) mass is 461 g/mol. The van der Waals surface area contributed by atoms with Gasteiger partial charge in [-0.05, 0) is 43.3 Å². The summed E-state index contributed by atoms with van der Waals surface area (Å²) >= 11 is 0. The number of rotatable bonds is 8. The lowest BCUT2D eigenvalue weighted by Gasteiger charge is -2.15. The topological polar surface area (TPSA) is 108 Å². The second kappa shape index (κ2) is 10.2. The van der Waals surface area contributed by atoms with Gasteiger partial charge in [0.15, 0.2) is 0 Å². The molecule has 0 spiro atoms. The number of carbonyl (C=O) groups is 1. The Hall–Kier alpha value is -3.86. The Morgan fingerprint density at radius 3 is 2.42 bits per heavy atom. The van der Waals surface area contributed by atoms with Gasteiger partial charge in [0.05, 0.1) is 12.3 Å². The Morgan fingerprint density at radius 1 is 1.09 bits per heavy atom. The fraction of sp³-hybridized carbons (Fsp3) is 0.227. The minimum atomic E-state index is -4.82. The Morgan fingerprint density at radius 2 is 1.79 bits per heavy atom. The molecule has 1 atom stereocenters. The molecule has 3 rings (SSSR count). The van der Waals surface area contributed by atoms with Crippen LogP contribution in [0.5, 0.6) is 5.75 Å². The number of nitrogens with one attached hydrogen (secondary N) is 3. The highest BCUT2D eigenvalue weighted by Gasteiger charge is 2.31. The predicted molar refractivity (Wildman–Crippen MR) is 118 cm³/mol. The summed E-state index contributed by atoms with van der Waals surface area (Å²) in [5.74, 6) is -0.0304. The van der Waals surface area contributed by atoms with E-state index in [1.54, 1.807) is 43.3 Å². The summed E-state index contributed by atoms with van der Waals surface area (Å²) in [4.78, 5) is 19.9. The van der Waals surface area contributed by atoms with Crippen LogP contribution in [0.1, 0.15) is 13.8 Å². The van der Waals surface area contributed by atoms with E-state index in [1.807, 2.05) is 0 Å². The van der Waals surface area contributed by atoms with Crippen molar-refractivity contribution in [2.45, 2.75) is 26.3 Å². The molecule has 1 aromatic heterocycles. The van der Waals surface area contributed by atoms with Crippen LogP contribution in [0, 0.1) is 0 Å². The van der Waals surface area contributed by atoms with Crippen molar-refractivity contribution in [1.29, 1.82) is 0 Å². The number of alkyl halides is 3. The van der Waals surface area contributed by atoms with Crippen molar-refractivity contribution in [2.24, 2.45) is 0 Å². The molecule has 2 aromatic carbocycles. The fourth-order valence-corrected chi connectivity index (χ4v) is 2.83. The molecule has 0 fully saturated rings. The van der Waals surface area contributed by atoms with Crippen LogP contribution in [0.15, 0.2) is 54.6 Å². The molecule has 0 aliphatic rings. The van der Waals surface area contributed by atoms with Crippen molar-refractivity contribution in [3.8, 4) is 17.0 Å². The number of nitrogens with zero attached hydrogens (tertiary/aromatic N) is 2. The van der Waals surface area contributed by atoms with Crippen molar-refractivity contribution < 1.29 is 27.8 Å². The summed E-state index contributed by atoms with van der Waals surface area (Å²) in [5, 5.41) is 18.0. The number of benzene rings is 2. The van der Waals surface area contributed by atoms with Gasteiger partial charge in [-0.15, -0.1) is 13.2 Å². The number of carbonyl (C=O) groups excluding carboxylic acids is 1. The molecule has 8 nitrogen and oxygen atoms in total. The molecule has 174 valence electrons. The first-order chi connectivity index (χ1) is 15.6. The number of halogens is 3. The first kappa shape index (κ1) is 23.8. The Kier molecular flexibility index (Phi) is 7.34. The molecule has 3 aromatic rings. The third-order valence-corrected chi connectivity index (χ3v) is 4.22. The number of aliphatic hydroxyl groups is 1. The lowest BCUT2D eigenvalue weighted by atomic mass is 10.1. The zero-order valence-electron chi connectivity index (χ0n) is 17.8. The van der Waals surface area contributed by atoms with Crippen molar-refractivity contribution in [3.05, 3.63) is 54.6 Å². The summed E-state index contributed by atoms with van der Waals surface area (Å²) in [5.41, 5.74) is 1.99. The van der Waals surface area contributed by atoms with Crippen LogP contribution >= 0.6 is 0 Å². The predicted octanol–water partition coefficient (Wildman–Crippen LogP) is 4.54. The van der Waals surface area contributed by atoms with E-state index in [0.717, 1.165) is 0 Å². The smallest absolute Gasteiger partial charge is 0.406 e. The first-order valence-corrected chi connectivity index (χ1v) is 9.88. The molecular formula is C22H22F3N5O3. The SMILES string of the molecule is CC(=O)Nc1ccc(Nc2cc(-c3cccc(OC(F)(F)F)c3)nc(N[C@@H](C)CO)n2)cc1. The van der Waals surface area contributed by atoms with E-state index in [-0.39, 0.29) is 30.3 Å². The van der Waals surface area contributed by atoms with Gasteiger partial charge in [-0.2, -0.15) is 4.98 Å². The molecule has 0 aliphatic heterocycles. The number of hydrogen-bond donors (Lipinski definition) is 4. The van der Waals surface area contributed by atoms with E-state index in [0.29, 0.717) is 28.5 Å². The van der Waals surface area contributed by atoms with Gasteiger partial charge >= 0.3 is 6.36 Å². The van der Waals surface area contributed by atoms with Gasteiger partial charge < -0.3 is 25.8 Å². The number of hydrogen-bond acceptors (Lipinski definition) is 7. The number of aliphatic hydroxyl groups excluding tert-OH is 1. The summed E-state index contributed by atoms with van der Waals surface area (Å²) in [7, 11) is 0. The van der Waals surface area contributed by atoms with Crippen molar-refractivity contribution in [2.75, 3.05) is 22.6 Å². The maximum atomic E-state index is 12.6. The van der Waals surface area contributed by atoms with Crippen LogP contribution in [-0.4, -0.2) is 40.0 Å².